The molecule has 0 saturated carbocycles. The van der Waals surface area contributed by atoms with E-state index >= 15 is 0 Å². The molecule has 0 aliphatic rings. The van der Waals surface area contributed by atoms with Crippen LogP contribution in [0.15, 0.2) is 0 Å². The molecule has 0 saturated heterocycles. The van der Waals surface area contributed by atoms with Crippen LogP contribution in [0.1, 0.15) is 1.43 Å². The molecule has 0 unspecified atom stereocenters. The molecule has 0 rings (SSSR count). The van der Waals surface area contributed by atoms with Crippen molar-refractivity contribution < 1.29 is 52.9 Å². The molecule has 6 heavy (non-hydrogen) atoms. The average molecular weight is 137 g/mol. The van der Waals surface area contributed by atoms with Crippen LogP contribution in [-0.2, 0) is 23.0 Å². The van der Waals surface area contributed by atoms with Crippen molar-refractivity contribution in [3.05, 3.63) is 0 Å². The fourth-order valence-corrected chi connectivity index (χ4v) is 0. The Morgan fingerprint density at radius 2 is 1.50 bits per heavy atom. The minimum atomic E-state index is -3.13. The minimum Gasteiger partial charge on any atom is -1.00 e. The fourth-order valence-electron chi connectivity index (χ4n) is 0. The zero-order valence-corrected chi connectivity index (χ0v) is 5.65. The Hall–Kier alpha value is 0.799. The molecule has 0 bridgehead atoms. The van der Waals surface area contributed by atoms with Crippen molar-refractivity contribution in [2.45, 2.75) is 0 Å². The summed E-state index contributed by atoms with van der Waals surface area (Å²) in [5.74, 6) is 0. The van der Waals surface area contributed by atoms with Gasteiger partial charge in [-0.3, -0.25) is 4.46 Å². The van der Waals surface area contributed by atoms with Crippen molar-refractivity contribution in [1.82, 2.24) is 0 Å². The second kappa shape index (κ2) is 9.25. The SMILES string of the molecule is O=[Si](O)O.[H-].[Li+].[V]. The van der Waals surface area contributed by atoms with Crippen LogP contribution in [0.2, 0.25) is 0 Å². The normalized spacial score (nSPS) is 4.00. The van der Waals surface area contributed by atoms with Gasteiger partial charge in [0.15, 0.2) is 0 Å². The molecule has 3 nitrogen and oxygen atoms in total. The van der Waals surface area contributed by atoms with E-state index in [1.807, 2.05) is 0 Å². The molecule has 0 spiro atoms. The molecule has 0 amide bonds. The maximum atomic E-state index is 8.74. The molecule has 1 radical (unpaired) electrons. The van der Waals surface area contributed by atoms with Crippen LogP contribution in [0, 0.1) is 0 Å². The maximum absolute atomic E-state index is 8.74. The number of rotatable bonds is 0. The summed E-state index contributed by atoms with van der Waals surface area (Å²) in [4.78, 5) is 14.3. The molecule has 0 aromatic carbocycles. The molecule has 0 aliphatic heterocycles. The van der Waals surface area contributed by atoms with Crippen LogP contribution in [0.4, 0.5) is 0 Å². The summed E-state index contributed by atoms with van der Waals surface area (Å²) < 4.78 is 8.74. The van der Waals surface area contributed by atoms with Crippen LogP contribution >= 0.6 is 0 Å². The van der Waals surface area contributed by atoms with Gasteiger partial charge < -0.3 is 11.0 Å². The number of hydrogen-bond donors (Lipinski definition) is 2. The molecule has 0 aromatic rings. The monoisotopic (exact) mass is 137 g/mol. The molecule has 0 aliphatic carbocycles. The summed E-state index contributed by atoms with van der Waals surface area (Å²) in [7, 11) is -3.13. The van der Waals surface area contributed by atoms with Gasteiger partial charge in [-0.1, -0.05) is 0 Å². The van der Waals surface area contributed by atoms with Crippen LogP contribution in [0.3, 0.4) is 0 Å². The molecule has 31 valence electrons. The third-order valence-electron chi connectivity index (χ3n) is 0. The molecule has 6 heteroatoms. The van der Waals surface area contributed by atoms with E-state index in [2.05, 4.69) is 0 Å². The standard InChI is InChI=1S/Li.H2O3Si.V.H/c;1-4(2)3;;/h;1-2H;;/q+1;;;-1. The van der Waals surface area contributed by atoms with Crippen LogP contribution < -0.4 is 18.9 Å². The van der Waals surface area contributed by atoms with E-state index in [1.165, 1.54) is 0 Å². The summed E-state index contributed by atoms with van der Waals surface area (Å²) in [5.41, 5.74) is 0. The minimum absolute atomic E-state index is 0. The summed E-state index contributed by atoms with van der Waals surface area (Å²) in [6, 6.07) is 0. The van der Waals surface area contributed by atoms with Crippen LogP contribution in [-0.4, -0.2) is 18.8 Å². The van der Waals surface area contributed by atoms with E-state index in [9.17, 15) is 0 Å². The second-order valence-corrected chi connectivity index (χ2v) is 0.848. The predicted octanol–water partition coefficient (Wildman–Crippen LogP) is -4.50. The van der Waals surface area contributed by atoms with E-state index < -0.39 is 9.17 Å². The van der Waals surface area contributed by atoms with Crippen molar-refractivity contribution in [2.75, 3.05) is 0 Å². The van der Waals surface area contributed by atoms with Gasteiger partial charge in [-0.15, -0.1) is 0 Å². The van der Waals surface area contributed by atoms with Gasteiger partial charge in [-0.05, 0) is 0 Å². The molecular weight excluding hydrogens is 134 g/mol. The van der Waals surface area contributed by atoms with Crippen molar-refractivity contribution in [2.24, 2.45) is 0 Å². The Kier molecular flexibility index (Phi) is 24.4. The zero-order chi connectivity index (χ0) is 3.58. The van der Waals surface area contributed by atoms with E-state index in [0.717, 1.165) is 0 Å². The van der Waals surface area contributed by atoms with Gasteiger partial charge in [0.1, 0.15) is 0 Å². The third-order valence-corrected chi connectivity index (χ3v) is 0. The van der Waals surface area contributed by atoms with Gasteiger partial charge in [0.25, 0.3) is 0 Å². The summed E-state index contributed by atoms with van der Waals surface area (Å²) >= 11 is 0. The Balaban J connectivity index is -0.0000000150. The van der Waals surface area contributed by atoms with Gasteiger partial charge >= 0.3 is 28.0 Å². The van der Waals surface area contributed by atoms with E-state index in [4.69, 9.17) is 14.1 Å². The van der Waals surface area contributed by atoms with Gasteiger partial charge in [-0.25, -0.2) is 0 Å². The van der Waals surface area contributed by atoms with Crippen molar-refractivity contribution in [3.63, 3.8) is 0 Å². The Labute approximate surface area is 62.2 Å². The predicted molar refractivity (Wildman–Crippen MR) is 12.0 cm³/mol. The smallest absolute Gasteiger partial charge is 1.00 e. The second-order valence-electron chi connectivity index (χ2n) is 0.283. The van der Waals surface area contributed by atoms with Crippen molar-refractivity contribution in [1.29, 1.82) is 0 Å². The summed E-state index contributed by atoms with van der Waals surface area (Å²) in [6.45, 7) is 0. The first-order chi connectivity index (χ1) is 1.73. The largest absolute Gasteiger partial charge is 1.00 e. The van der Waals surface area contributed by atoms with E-state index in [1.54, 1.807) is 0 Å². The first-order valence-corrected chi connectivity index (χ1v) is 1.95. The van der Waals surface area contributed by atoms with Gasteiger partial charge in [0.05, 0.1) is 0 Å². The first-order valence-electron chi connectivity index (χ1n) is 0.651. The van der Waals surface area contributed by atoms with Gasteiger partial charge in [0, 0.05) is 18.6 Å². The molecule has 0 heterocycles. The topological polar surface area (TPSA) is 57.5 Å². The first kappa shape index (κ1) is 15.8. The fraction of sp³-hybridized carbons (Fsp3) is 0. The van der Waals surface area contributed by atoms with Gasteiger partial charge in [0.2, 0.25) is 0 Å². The van der Waals surface area contributed by atoms with Crippen LogP contribution in [0.5, 0.6) is 0 Å². The average Bonchev–Trinajstić information content (AvgIpc) is 0.811. The van der Waals surface area contributed by atoms with Crippen molar-refractivity contribution >= 4 is 9.17 Å². The zero-order valence-electron chi connectivity index (χ0n) is 4.25. The molecular formula is H3LiO3SiV. The third kappa shape index (κ3) is 109. The summed E-state index contributed by atoms with van der Waals surface area (Å²) in [6.07, 6.45) is 0. The molecule has 2 N–H and O–H groups in total. The molecule has 0 aromatic heterocycles. The number of hydrogen-bond acceptors (Lipinski definition) is 1. The Bertz CT molecular complexity index is 37.9. The quantitative estimate of drug-likeness (QED) is 0.331. The Morgan fingerprint density at radius 3 is 1.50 bits per heavy atom. The van der Waals surface area contributed by atoms with E-state index in [-0.39, 0.29) is 38.8 Å². The molecule has 0 fully saturated rings. The van der Waals surface area contributed by atoms with E-state index in [0.29, 0.717) is 0 Å². The van der Waals surface area contributed by atoms with Crippen molar-refractivity contribution in [3.8, 4) is 0 Å². The maximum Gasteiger partial charge on any atom is 1.00 e. The van der Waals surface area contributed by atoms with Crippen LogP contribution in [0.25, 0.3) is 0 Å². The molecule has 0 atom stereocenters. The Morgan fingerprint density at radius 1 is 1.50 bits per heavy atom. The summed E-state index contributed by atoms with van der Waals surface area (Å²) in [5, 5.41) is 0. The van der Waals surface area contributed by atoms with Gasteiger partial charge in [-0.2, -0.15) is 0 Å².